The van der Waals surface area contributed by atoms with Crippen LogP contribution in [-0.2, 0) is 6.42 Å². The van der Waals surface area contributed by atoms with Crippen LogP contribution in [0, 0.1) is 0 Å². The highest BCUT2D eigenvalue weighted by Gasteiger charge is 2.31. The molecule has 1 aliphatic rings. The second-order valence-corrected chi connectivity index (χ2v) is 9.55. The first kappa shape index (κ1) is 9.97. The number of aryl methyl sites for hydroxylation is 1. The maximum absolute atomic E-state index is 2.42. The molecule has 0 fully saturated rings. The van der Waals surface area contributed by atoms with Gasteiger partial charge in [-0.3, -0.25) is 0 Å². The normalized spacial score (nSPS) is 21.8. The quantitative estimate of drug-likeness (QED) is 0.570. The monoisotopic (exact) mass is 204 g/mol. The van der Waals surface area contributed by atoms with Crippen molar-refractivity contribution in [2.24, 2.45) is 0 Å². The standard InChI is InChI=1S/C13H20Si/c1-13(2,3)14-10-6-8-11-7-4-5-9-12(11)14/h4-5,7,9,14H,6,8,10H2,1-3H3. The molecule has 0 aromatic heterocycles. The summed E-state index contributed by atoms with van der Waals surface area (Å²) >= 11 is 0. The van der Waals surface area contributed by atoms with Gasteiger partial charge in [-0.25, -0.2) is 0 Å². The first-order chi connectivity index (χ1) is 6.59. The zero-order valence-electron chi connectivity index (χ0n) is 9.51. The predicted molar refractivity (Wildman–Crippen MR) is 66.1 cm³/mol. The number of fused-ring (bicyclic) bond motifs is 1. The van der Waals surface area contributed by atoms with Crippen LogP contribution in [0.4, 0.5) is 0 Å². The van der Waals surface area contributed by atoms with Crippen LogP contribution in [0.25, 0.3) is 0 Å². The fraction of sp³-hybridized carbons (Fsp3) is 0.538. The summed E-state index contributed by atoms with van der Waals surface area (Å²) in [5.74, 6) is 0. The van der Waals surface area contributed by atoms with Crippen molar-refractivity contribution in [3.63, 3.8) is 0 Å². The van der Waals surface area contributed by atoms with Crippen LogP contribution < -0.4 is 5.19 Å². The summed E-state index contributed by atoms with van der Waals surface area (Å²) in [6.45, 7) is 7.27. The number of benzene rings is 1. The molecule has 1 aliphatic heterocycles. The molecule has 76 valence electrons. The molecule has 0 aliphatic carbocycles. The molecule has 1 heteroatoms. The van der Waals surface area contributed by atoms with Gasteiger partial charge in [0.2, 0.25) is 0 Å². The van der Waals surface area contributed by atoms with Gasteiger partial charge in [0.05, 0.1) is 8.80 Å². The van der Waals surface area contributed by atoms with E-state index in [1.807, 2.05) is 0 Å². The molecule has 1 aromatic carbocycles. The van der Waals surface area contributed by atoms with E-state index in [1.165, 1.54) is 18.9 Å². The first-order valence-corrected chi connectivity index (χ1v) is 7.64. The molecule has 0 saturated carbocycles. The lowest BCUT2D eigenvalue weighted by Gasteiger charge is -2.34. The van der Waals surface area contributed by atoms with E-state index < -0.39 is 8.80 Å². The van der Waals surface area contributed by atoms with Gasteiger partial charge in [-0.15, -0.1) is 0 Å². The van der Waals surface area contributed by atoms with E-state index in [2.05, 4.69) is 45.0 Å². The van der Waals surface area contributed by atoms with Crippen LogP contribution in [0.1, 0.15) is 32.8 Å². The largest absolute Gasteiger partial charge is 0.0765 e. The highest BCUT2D eigenvalue weighted by molar-refractivity contribution is 6.76. The Labute approximate surface area is 89.0 Å². The summed E-state index contributed by atoms with van der Waals surface area (Å²) in [7, 11) is -0.712. The summed E-state index contributed by atoms with van der Waals surface area (Å²) < 4.78 is 0. The molecule has 0 saturated heterocycles. The molecule has 0 radical (unpaired) electrons. The fourth-order valence-electron chi connectivity index (χ4n) is 2.65. The van der Waals surface area contributed by atoms with Crippen LogP contribution in [0.5, 0.6) is 0 Å². The molecule has 2 rings (SSSR count). The van der Waals surface area contributed by atoms with Crippen LogP contribution >= 0.6 is 0 Å². The summed E-state index contributed by atoms with van der Waals surface area (Å²) in [6, 6.07) is 10.6. The molecule has 14 heavy (non-hydrogen) atoms. The van der Waals surface area contributed by atoms with Crippen molar-refractivity contribution in [1.82, 2.24) is 0 Å². The summed E-state index contributed by atoms with van der Waals surface area (Å²) in [5, 5.41) is 2.29. The van der Waals surface area contributed by atoms with E-state index in [0.29, 0.717) is 5.04 Å². The smallest absolute Gasteiger partial charge is 0.0630 e. The highest BCUT2D eigenvalue weighted by atomic mass is 28.3. The molecule has 0 spiro atoms. The summed E-state index contributed by atoms with van der Waals surface area (Å²) in [4.78, 5) is 0. The van der Waals surface area contributed by atoms with E-state index >= 15 is 0 Å². The molecule has 0 bridgehead atoms. The lowest BCUT2D eigenvalue weighted by molar-refractivity contribution is 0.722. The van der Waals surface area contributed by atoms with E-state index in [1.54, 1.807) is 10.8 Å². The Kier molecular flexibility index (Phi) is 2.52. The Hall–Kier alpha value is -0.563. The SMILES string of the molecule is CC(C)(C)[SiH]1CCCc2ccccc21. The highest BCUT2D eigenvalue weighted by Crippen LogP contribution is 2.32. The topological polar surface area (TPSA) is 0 Å². The third-order valence-electron chi connectivity index (χ3n) is 3.41. The zero-order chi connectivity index (χ0) is 10.2. The second-order valence-electron chi connectivity index (χ2n) is 5.51. The van der Waals surface area contributed by atoms with E-state index in [4.69, 9.17) is 0 Å². The molecular formula is C13H20Si. The fourth-order valence-corrected chi connectivity index (χ4v) is 6.41. The van der Waals surface area contributed by atoms with Crippen molar-refractivity contribution >= 4 is 14.0 Å². The third-order valence-corrected chi connectivity index (χ3v) is 7.81. The Morgan fingerprint density at radius 1 is 1.14 bits per heavy atom. The van der Waals surface area contributed by atoms with Gasteiger partial charge < -0.3 is 0 Å². The minimum absolute atomic E-state index is 0.552. The molecule has 0 nitrogen and oxygen atoms in total. The second kappa shape index (κ2) is 3.54. The van der Waals surface area contributed by atoms with E-state index in [9.17, 15) is 0 Å². The van der Waals surface area contributed by atoms with Gasteiger partial charge >= 0.3 is 0 Å². The van der Waals surface area contributed by atoms with Gasteiger partial charge in [-0.1, -0.05) is 62.7 Å². The van der Waals surface area contributed by atoms with Crippen molar-refractivity contribution in [3.8, 4) is 0 Å². The Bertz CT molecular complexity index is 322. The third kappa shape index (κ3) is 1.78. The van der Waals surface area contributed by atoms with Gasteiger partial charge in [0.1, 0.15) is 0 Å². The van der Waals surface area contributed by atoms with Gasteiger partial charge in [-0.05, 0) is 17.0 Å². The molecule has 1 unspecified atom stereocenters. The Morgan fingerprint density at radius 3 is 2.57 bits per heavy atom. The average Bonchev–Trinajstić information content (AvgIpc) is 2.15. The summed E-state index contributed by atoms with van der Waals surface area (Å²) in [5.41, 5.74) is 1.64. The average molecular weight is 204 g/mol. The lowest BCUT2D eigenvalue weighted by Crippen LogP contribution is -2.43. The van der Waals surface area contributed by atoms with Crippen LogP contribution in [-0.4, -0.2) is 8.80 Å². The molecule has 0 amide bonds. The number of hydrogen-bond donors (Lipinski definition) is 0. The molecular weight excluding hydrogens is 184 g/mol. The van der Waals surface area contributed by atoms with Gasteiger partial charge in [-0.2, -0.15) is 0 Å². The number of hydrogen-bond acceptors (Lipinski definition) is 0. The minimum Gasteiger partial charge on any atom is -0.0630 e. The molecule has 1 heterocycles. The van der Waals surface area contributed by atoms with Gasteiger partial charge in [0.25, 0.3) is 0 Å². The van der Waals surface area contributed by atoms with Crippen LogP contribution in [0.3, 0.4) is 0 Å². The van der Waals surface area contributed by atoms with Crippen molar-refractivity contribution in [2.75, 3.05) is 0 Å². The van der Waals surface area contributed by atoms with Crippen molar-refractivity contribution < 1.29 is 0 Å². The zero-order valence-corrected chi connectivity index (χ0v) is 10.7. The molecule has 0 N–H and O–H groups in total. The van der Waals surface area contributed by atoms with E-state index in [0.717, 1.165) is 0 Å². The predicted octanol–water partition coefficient (Wildman–Crippen LogP) is 2.87. The van der Waals surface area contributed by atoms with Gasteiger partial charge in [0.15, 0.2) is 0 Å². The number of rotatable bonds is 0. The minimum atomic E-state index is -0.712. The Morgan fingerprint density at radius 2 is 1.86 bits per heavy atom. The molecule has 1 aromatic rings. The van der Waals surface area contributed by atoms with E-state index in [-0.39, 0.29) is 0 Å². The van der Waals surface area contributed by atoms with Crippen molar-refractivity contribution in [2.45, 2.75) is 44.7 Å². The van der Waals surface area contributed by atoms with Crippen molar-refractivity contribution in [1.29, 1.82) is 0 Å². The lowest BCUT2D eigenvalue weighted by atomic mass is 10.1. The van der Waals surface area contributed by atoms with Crippen molar-refractivity contribution in [3.05, 3.63) is 29.8 Å². The maximum Gasteiger partial charge on any atom is 0.0765 e. The molecule has 1 atom stereocenters. The van der Waals surface area contributed by atoms with Crippen LogP contribution in [0.15, 0.2) is 24.3 Å². The Balaban J connectivity index is 2.41. The summed E-state index contributed by atoms with van der Waals surface area (Å²) in [6.07, 6.45) is 2.74. The van der Waals surface area contributed by atoms with Crippen LogP contribution in [0.2, 0.25) is 11.1 Å². The maximum atomic E-state index is 2.42. The van der Waals surface area contributed by atoms with Gasteiger partial charge in [0, 0.05) is 0 Å². The first-order valence-electron chi connectivity index (χ1n) is 5.67.